The predicted octanol–water partition coefficient (Wildman–Crippen LogP) is 2.95. The molecule has 1 aromatic carbocycles. The molecule has 1 rings (SSSR count). The van der Waals surface area contributed by atoms with E-state index in [2.05, 4.69) is 38.3 Å². The molecule has 0 aliphatic rings. The molecule has 102 valence electrons. The minimum absolute atomic E-state index is 0.131. The fourth-order valence-corrected chi connectivity index (χ4v) is 8.39. The van der Waals surface area contributed by atoms with Crippen LogP contribution in [-0.4, -0.2) is 28.6 Å². The number of benzene rings is 1. The maximum atomic E-state index is 9.07. The van der Waals surface area contributed by atoms with Gasteiger partial charge in [0.25, 0.3) is 0 Å². The molecule has 0 saturated carbocycles. The first kappa shape index (κ1) is 15.6. The molecule has 0 aromatic heterocycles. The molecule has 0 spiro atoms. The van der Waals surface area contributed by atoms with E-state index in [1.54, 1.807) is 0 Å². The van der Waals surface area contributed by atoms with Crippen molar-refractivity contribution in [3.05, 3.63) is 29.8 Å². The zero-order valence-corrected chi connectivity index (χ0v) is 14.3. The van der Waals surface area contributed by atoms with Gasteiger partial charge in [-0.1, -0.05) is 48.6 Å². The number of hydrogen-bond donors (Lipinski definition) is 1. The van der Waals surface area contributed by atoms with E-state index in [1.807, 2.05) is 19.2 Å². The van der Waals surface area contributed by atoms with E-state index in [1.165, 1.54) is 17.3 Å². The molecule has 4 heteroatoms. The van der Waals surface area contributed by atoms with Crippen molar-refractivity contribution in [1.29, 1.82) is 0 Å². The lowest BCUT2D eigenvalue weighted by Gasteiger charge is -2.28. The zero-order chi connectivity index (χ0) is 13.8. The van der Waals surface area contributed by atoms with Crippen LogP contribution in [0.1, 0.15) is 5.56 Å². The molecular formula is C14H26O2Si2. The van der Waals surface area contributed by atoms with Crippen LogP contribution in [-0.2, 0) is 11.0 Å². The second-order valence-corrected chi connectivity index (χ2v) is 15.5. The highest BCUT2D eigenvalue weighted by Crippen LogP contribution is 2.20. The fraction of sp³-hybridized carbons (Fsp3) is 0.571. The number of aliphatic hydroxyl groups excluding tert-OH is 1. The van der Waals surface area contributed by atoms with Gasteiger partial charge in [-0.2, -0.15) is 0 Å². The van der Waals surface area contributed by atoms with Gasteiger partial charge in [-0.3, -0.25) is 0 Å². The van der Waals surface area contributed by atoms with Crippen molar-refractivity contribution in [1.82, 2.24) is 0 Å². The average molecular weight is 283 g/mol. The second kappa shape index (κ2) is 6.15. The molecule has 0 atom stereocenters. The van der Waals surface area contributed by atoms with Crippen LogP contribution in [0.5, 0.6) is 0 Å². The Morgan fingerprint density at radius 1 is 1.00 bits per heavy atom. The van der Waals surface area contributed by atoms with E-state index in [9.17, 15) is 0 Å². The lowest BCUT2D eigenvalue weighted by molar-refractivity contribution is 0.282. The number of aliphatic hydroxyl groups is 1. The highest BCUT2D eigenvalue weighted by Gasteiger charge is 2.28. The summed E-state index contributed by atoms with van der Waals surface area (Å²) < 4.78 is 5.63. The highest BCUT2D eigenvalue weighted by atomic mass is 28.4. The summed E-state index contributed by atoms with van der Waals surface area (Å²) in [4.78, 5) is 0. The smallest absolute Gasteiger partial charge is 0.185 e. The van der Waals surface area contributed by atoms with Crippen LogP contribution in [0.2, 0.25) is 38.3 Å². The van der Waals surface area contributed by atoms with Crippen LogP contribution in [0, 0.1) is 0 Å². The van der Waals surface area contributed by atoms with Gasteiger partial charge in [0.05, 0.1) is 14.7 Å². The van der Waals surface area contributed by atoms with Crippen LogP contribution < -0.4 is 5.19 Å². The van der Waals surface area contributed by atoms with E-state index in [0.717, 1.165) is 5.56 Å². The SMILES string of the molecule is CO[Si](C)(C)CC[Si](C)(C)c1ccc(CO)cc1. The second-order valence-electron chi connectivity index (χ2n) is 6.20. The first-order chi connectivity index (χ1) is 8.30. The normalized spacial score (nSPS) is 12.8. The van der Waals surface area contributed by atoms with Gasteiger partial charge < -0.3 is 9.53 Å². The third-order valence-electron chi connectivity index (χ3n) is 3.82. The van der Waals surface area contributed by atoms with Crippen molar-refractivity contribution in [3.8, 4) is 0 Å². The first-order valence-corrected chi connectivity index (χ1v) is 12.9. The molecule has 0 saturated heterocycles. The third kappa shape index (κ3) is 4.35. The molecule has 0 aliphatic heterocycles. The van der Waals surface area contributed by atoms with Gasteiger partial charge in [-0.05, 0) is 24.7 Å². The Hall–Kier alpha value is -0.426. The Bertz CT molecular complexity index is 372. The Morgan fingerprint density at radius 3 is 2.00 bits per heavy atom. The summed E-state index contributed by atoms with van der Waals surface area (Å²) in [6.07, 6.45) is 0. The maximum absolute atomic E-state index is 9.07. The third-order valence-corrected chi connectivity index (χ3v) is 10.3. The molecule has 18 heavy (non-hydrogen) atoms. The molecule has 0 fully saturated rings. The highest BCUT2D eigenvalue weighted by molar-refractivity contribution is 6.91. The summed E-state index contributed by atoms with van der Waals surface area (Å²) >= 11 is 0. The van der Waals surface area contributed by atoms with Crippen LogP contribution in [0.15, 0.2) is 24.3 Å². The zero-order valence-electron chi connectivity index (χ0n) is 12.3. The summed E-state index contributed by atoms with van der Waals surface area (Å²) in [6, 6.07) is 11.0. The van der Waals surface area contributed by atoms with Crippen molar-refractivity contribution in [3.63, 3.8) is 0 Å². The number of rotatable bonds is 6. The summed E-state index contributed by atoms with van der Waals surface area (Å²) in [5, 5.41) is 10.5. The Labute approximate surface area is 113 Å². The molecular weight excluding hydrogens is 256 g/mol. The molecule has 0 heterocycles. The summed E-state index contributed by atoms with van der Waals surface area (Å²) in [6.45, 7) is 9.53. The van der Waals surface area contributed by atoms with Crippen molar-refractivity contribution < 1.29 is 9.53 Å². The lowest BCUT2D eigenvalue weighted by Crippen LogP contribution is -2.43. The Kier molecular flexibility index (Phi) is 5.34. The van der Waals surface area contributed by atoms with Crippen molar-refractivity contribution >= 4 is 21.6 Å². The van der Waals surface area contributed by atoms with Gasteiger partial charge in [0.1, 0.15) is 0 Å². The van der Waals surface area contributed by atoms with E-state index in [4.69, 9.17) is 9.53 Å². The predicted molar refractivity (Wildman–Crippen MR) is 83.6 cm³/mol. The Balaban J connectivity index is 2.72. The molecule has 1 N–H and O–H groups in total. The van der Waals surface area contributed by atoms with Crippen LogP contribution in [0.3, 0.4) is 0 Å². The van der Waals surface area contributed by atoms with E-state index in [0.29, 0.717) is 0 Å². The minimum Gasteiger partial charge on any atom is -0.420 e. The molecule has 0 amide bonds. The van der Waals surface area contributed by atoms with Gasteiger partial charge in [-0.25, -0.2) is 0 Å². The molecule has 0 bridgehead atoms. The van der Waals surface area contributed by atoms with E-state index in [-0.39, 0.29) is 6.61 Å². The average Bonchev–Trinajstić information content (AvgIpc) is 2.37. The summed E-state index contributed by atoms with van der Waals surface area (Å²) in [7, 11) is -0.967. The quantitative estimate of drug-likeness (QED) is 0.813. The van der Waals surface area contributed by atoms with Gasteiger partial charge >= 0.3 is 0 Å². The molecule has 1 aromatic rings. The van der Waals surface area contributed by atoms with E-state index >= 15 is 0 Å². The maximum Gasteiger partial charge on any atom is 0.185 e. The standard InChI is InChI=1S/C14H26O2Si2/c1-16-18(4,5)11-10-17(2,3)14-8-6-13(12-15)7-9-14/h6-9,15H,10-12H2,1-5H3. The van der Waals surface area contributed by atoms with Crippen LogP contribution in [0.4, 0.5) is 0 Å². The summed E-state index contributed by atoms with van der Waals surface area (Å²) in [5.74, 6) is 0. The van der Waals surface area contributed by atoms with Gasteiger partial charge in [-0.15, -0.1) is 0 Å². The van der Waals surface area contributed by atoms with Crippen molar-refractivity contribution in [2.24, 2.45) is 0 Å². The van der Waals surface area contributed by atoms with Crippen LogP contribution >= 0.6 is 0 Å². The van der Waals surface area contributed by atoms with Gasteiger partial charge in [0.15, 0.2) is 8.32 Å². The van der Waals surface area contributed by atoms with Crippen molar-refractivity contribution in [2.45, 2.75) is 44.9 Å². The molecule has 0 aliphatic carbocycles. The minimum atomic E-state index is -1.44. The molecule has 0 radical (unpaired) electrons. The topological polar surface area (TPSA) is 29.5 Å². The van der Waals surface area contributed by atoms with Gasteiger partial charge in [0, 0.05) is 7.11 Å². The summed E-state index contributed by atoms with van der Waals surface area (Å²) in [5.41, 5.74) is 0.996. The molecule has 2 nitrogen and oxygen atoms in total. The largest absolute Gasteiger partial charge is 0.420 e. The monoisotopic (exact) mass is 282 g/mol. The number of hydrogen-bond acceptors (Lipinski definition) is 2. The van der Waals surface area contributed by atoms with Crippen molar-refractivity contribution in [2.75, 3.05) is 7.11 Å². The fourth-order valence-electron chi connectivity index (χ4n) is 1.92. The Morgan fingerprint density at radius 2 is 1.56 bits per heavy atom. The van der Waals surface area contributed by atoms with E-state index < -0.39 is 16.4 Å². The molecule has 0 unspecified atom stereocenters. The van der Waals surface area contributed by atoms with Gasteiger partial charge in [0.2, 0.25) is 0 Å². The lowest BCUT2D eigenvalue weighted by atomic mass is 10.2. The first-order valence-electron chi connectivity index (χ1n) is 6.56. The van der Waals surface area contributed by atoms with Crippen LogP contribution in [0.25, 0.3) is 0 Å².